The number of nitrogens with one attached hydrogen (secondary N) is 1. The summed E-state index contributed by atoms with van der Waals surface area (Å²) in [5.41, 5.74) is 3.62. The van der Waals surface area contributed by atoms with E-state index in [-0.39, 0.29) is 5.82 Å². The maximum atomic E-state index is 12.9. The first-order valence-corrected chi connectivity index (χ1v) is 5.42. The fourth-order valence-corrected chi connectivity index (χ4v) is 1.91. The average Bonchev–Trinajstić information content (AvgIpc) is 2.24. The third-order valence-corrected chi connectivity index (χ3v) is 2.84. The number of halogens is 1. The summed E-state index contributed by atoms with van der Waals surface area (Å²) in [6, 6.07) is 4.98. The molecule has 1 fully saturated rings. The lowest BCUT2D eigenvalue weighted by Gasteiger charge is -2.15. The Morgan fingerprint density at radius 2 is 2.00 bits per heavy atom. The van der Waals surface area contributed by atoms with Crippen LogP contribution in [-0.4, -0.2) is 13.1 Å². The summed E-state index contributed by atoms with van der Waals surface area (Å²) in [5.74, 6) is -0.153. The lowest BCUT2D eigenvalue weighted by atomic mass is 10.00. The van der Waals surface area contributed by atoms with Gasteiger partial charge in [0.05, 0.1) is 0 Å². The van der Waals surface area contributed by atoms with Crippen LogP contribution in [0, 0.1) is 12.7 Å². The third kappa shape index (κ3) is 2.66. The van der Waals surface area contributed by atoms with Crippen molar-refractivity contribution < 1.29 is 4.39 Å². The highest BCUT2D eigenvalue weighted by Crippen LogP contribution is 2.18. The maximum absolute atomic E-state index is 12.9. The van der Waals surface area contributed by atoms with Gasteiger partial charge in [0.15, 0.2) is 0 Å². The lowest BCUT2D eigenvalue weighted by Crippen LogP contribution is -2.22. The SMILES string of the molecule is Cc1cc(F)ccc1C=C1CCNCC1. The van der Waals surface area contributed by atoms with Gasteiger partial charge in [-0.05, 0) is 56.1 Å². The first-order chi connectivity index (χ1) is 7.25. The molecule has 1 saturated heterocycles. The van der Waals surface area contributed by atoms with Gasteiger partial charge in [0, 0.05) is 0 Å². The van der Waals surface area contributed by atoms with Crippen LogP contribution in [0.5, 0.6) is 0 Å². The van der Waals surface area contributed by atoms with Crippen LogP contribution in [0.3, 0.4) is 0 Å². The van der Waals surface area contributed by atoms with Gasteiger partial charge in [0.1, 0.15) is 5.82 Å². The fraction of sp³-hybridized carbons (Fsp3) is 0.385. The van der Waals surface area contributed by atoms with E-state index in [1.807, 2.05) is 13.0 Å². The Morgan fingerprint density at radius 3 is 2.67 bits per heavy atom. The minimum absolute atomic E-state index is 0.153. The zero-order valence-electron chi connectivity index (χ0n) is 9.02. The molecule has 1 nitrogen and oxygen atoms in total. The van der Waals surface area contributed by atoms with Crippen molar-refractivity contribution in [3.63, 3.8) is 0 Å². The molecule has 0 saturated carbocycles. The van der Waals surface area contributed by atoms with Gasteiger partial charge in [-0.15, -0.1) is 0 Å². The molecule has 1 aliphatic heterocycles. The molecule has 80 valence electrons. The van der Waals surface area contributed by atoms with E-state index in [1.54, 1.807) is 6.07 Å². The van der Waals surface area contributed by atoms with Crippen LogP contribution in [0.2, 0.25) is 0 Å². The maximum Gasteiger partial charge on any atom is 0.123 e. The minimum atomic E-state index is -0.153. The fourth-order valence-electron chi connectivity index (χ4n) is 1.91. The van der Waals surface area contributed by atoms with E-state index >= 15 is 0 Å². The smallest absolute Gasteiger partial charge is 0.123 e. The lowest BCUT2D eigenvalue weighted by molar-refractivity contribution is 0.613. The van der Waals surface area contributed by atoms with Crippen LogP contribution in [0.25, 0.3) is 6.08 Å². The molecule has 1 N–H and O–H groups in total. The molecule has 0 spiro atoms. The molecule has 2 rings (SSSR count). The van der Waals surface area contributed by atoms with Crippen LogP contribution in [0.4, 0.5) is 4.39 Å². The number of rotatable bonds is 1. The molecular formula is C13H16FN. The molecule has 2 heteroatoms. The van der Waals surface area contributed by atoms with Crippen molar-refractivity contribution in [2.45, 2.75) is 19.8 Å². The molecule has 1 aliphatic rings. The number of aryl methyl sites for hydroxylation is 1. The van der Waals surface area contributed by atoms with Crippen molar-refractivity contribution in [3.8, 4) is 0 Å². The van der Waals surface area contributed by atoms with Gasteiger partial charge in [-0.1, -0.05) is 17.7 Å². The predicted octanol–water partition coefficient (Wildman–Crippen LogP) is 2.90. The molecule has 0 amide bonds. The summed E-state index contributed by atoms with van der Waals surface area (Å²) in [6.45, 7) is 4.08. The van der Waals surface area contributed by atoms with Crippen molar-refractivity contribution in [1.29, 1.82) is 0 Å². The first kappa shape index (κ1) is 10.4. The van der Waals surface area contributed by atoms with E-state index in [9.17, 15) is 4.39 Å². The molecule has 0 unspecified atom stereocenters. The Balaban J connectivity index is 2.22. The number of piperidine rings is 1. The second-order valence-corrected chi connectivity index (χ2v) is 4.05. The summed E-state index contributed by atoms with van der Waals surface area (Å²) < 4.78 is 12.9. The van der Waals surface area contributed by atoms with Gasteiger partial charge in [0.2, 0.25) is 0 Å². The number of benzene rings is 1. The van der Waals surface area contributed by atoms with E-state index in [1.165, 1.54) is 11.6 Å². The van der Waals surface area contributed by atoms with Crippen LogP contribution >= 0.6 is 0 Å². The highest BCUT2D eigenvalue weighted by Gasteiger charge is 2.05. The molecular weight excluding hydrogens is 189 g/mol. The molecule has 0 atom stereocenters. The summed E-state index contributed by atoms with van der Waals surface area (Å²) in [6.07, 6.45) is 4.42. The van der Waals surface area contributed by atoms with Gasteiger partial charge >= 0.3 is 0 Å². The zero-order valence-corrected chi connectivity index (χ0v) is 9.02. The zero-order chi connectivity index (χ0) is 10.7. The topological polar surface area (TPSA) is 12.0 Å². The molecule has 15 heavy (non-hydrogen) atoms. The second kappa shape index (κ2) is 4.58. The van der Waals surface area contributed by atoms with Crippen molar-refractivity contribution >= 4 is 6.08 Å². The third-order valence-electron chi connectivity index (χ3n) is 2.84. The summed E-state index contributed by atoms with van der Waals surface area (Å²) in [4.78, 5) is 0. The van der Waals surface area contributed by atoms with Gasteiger partial charge in [0.25, 0.3) is 0 Å². The Kier molecular flexibility index (Phi) is 3.17. The largest absolute Gasteiger partial charge is 0.316 e. The highest BCUT2D eigenvalue weighted by atomic mass is 19.1. The molecule has 1 aromatic rings. The van der Waals surface area contributed by atoms with Crippen LogP contribution in [0.1, 0.15) is 24.0 Å². The Labute approximate surface area is 90.0 Å². The number of hydrogen-bond acceptors (Lipinski definition) is 1. The van der Waals surface area contributed by atoms with Crippen molar-refractivity contribution in [1.82, 2.24) is 5.32 Å². The first-order valence-electron chi connectivity index (χ1n) is 5.42. The summed E-state index contributed by atoms with van der Waals surface area (Å²) in [5, 5.41) is 3.32. The Morgan fingerprint density at radius 1 is 1.27 bits per heavy atom. The highest BCUT2D eigenvalue weighted by molar-refractivity contribution is 5.56. The van der Waals surface area contributed by atoms with Gasteiger partial charge < -0.3 is 5.32 Å². The van der Waals surface area contributed by atoms with E-state index in [4.69, 9.17) is 0 Å². The van der Waals surface area contributed by atoms with Gasteiger partial charge in [-0.25, -0.2) is 4.39 Å². The number of hydrogen-bond donors (Lipinski definition) is 1. The average molecular weight is 205 g/mol. The van der Waals surface area contributed by atoms with Gasteiger partial charge in [-0.2, -0.15) is 0 Å². The van der Waals surface area contributed by atoms with Crippen LogP contribution in [-0.2, 0) is 0 Å². The molecule has 0 bridgehead atoms. The molecule has 0 radical (unpaired) electrons. The summed E-state index contributed by atoms with van der Waals surface area (Å²) >= 11 is 0. The molecule has 1 aromatic carbocycles. The Bertz CT molecular complexity index is 374. The van der Waals surface area contributed by atoms with Crippen LogP contribution < -0.4 is 5.32 Å². The predicted molar refractivity (Wildman–Crippen MR) is 61.2 cm³/mol. The van der Waals surface area contributed by atoms with Crippen molar-refractivity contribution in [3.05, 3.63) is 40.7 Å². The normalized spacial score (nSPS) is 16.5. The quantitative estimate of drug-likeness (QED) is 0.743. The Hall–Kier alpha value is -1.15. The van der Waals surface area contributed by atoms with Crippen molar-refractivity contribution in [2.75, 3.05) is 13.1 Å². The summed E-state index contributed by atoms with van der Waals surface area (Å²) in [7, 11) is 0. The van der Waals surface area contributed by atoms with Crippen molar-refractivity contribution in [2.24, 2.45) is 0 Å². The van der Waals surface area contributed by atoms with E-state index < -0.39 is 0 Å². The molecule has 0 aliphatic carbocycles. The van der Waals surface area contributed by atoms with E-state index in [0.29, 0.717) is 0 Å². The van der Waals surface area contributed by atoms with Gasteiger partial charge in [-0.3, -0.25) is 0 Å². The van der Waals surface area contributed by atoms with Crippen LogP contribution in [0.15, 0.2) is 23.8 Å². The monoisotopic (exact) mass is 205 g/mol. The molecule has 1 heterocycles. The van der Waals surface area contributed by atoms with E-state index in [0.717, 1.165) is 37.1 Å². The molecule has 0 aromatic heterocycles. The minimum Gasteiger partial charge on any atom is -0.316 e. The second-order valence-electron chi connectivity index (χ2n) is 4.05. The van der Waals surface area contributed by atoms with E-state index in [2.05, 4.69) is 11.4 Å². The standard InChI is InChI=1S/C13H16FN/c1-10-8-13(14)3-2-12(10)9-11-4-6-15-7-5-11/h2-3,8-9,15H,4-7H2,1H3.